The first-order valence-corrected chi connectivity index (χ1v) is 4.89. The molecule has 98 valence electrons. The second kappa shape index (κ2) is 6.33. The highest BCUT2D eigenvalue weighted by atomic mass is 16.5. The number of nitrogens with two attached hydrogens (primary N) is 2. The summed E-state index contributed by atoms with van der Waals surface area (Å²) in [5.74, 6) is -2.40. The highest BCUT2D eigenvalue weighted by Gasteiger charge is 2.35. The predicted molar refractivity (Wildman–Crippen MR) is 60.4 cm³/mol. The van der Waals surface area contributed by atoms with Gasteiger partial charge in [0, 0.05) is 7.11 Å². The lowest BCUT2D eigenvalue weighted by molar-refractivity contribution is -0.145. The molecule has 0 aliphatic carbocycles. The van der Waals surface area contributed by atoms with E-state index in [0.717, 1.165) is 0 Å². The minimum Gasteiger partial charge on any atom is -0.480 e. The number of aliphatic carboxylic acids is 2. The van der Waals surface area contributed by atoms with Gasteiger partial charge < -0.3 is 26.4 Å². The average Bonchev–Trinajstić information content (AvgIpc) is 2.16. The van der Waals surface area contributed by atoms with Crippen LogP contribution in [0, 0.1) is 0 Å². The van der Waals surface area contributed by atoms with Crippen LogP contribution in [0.4, 0.5) is 0 Å². The van der Waals surface area contributed by atoms with Crippen molar-refractivity contribution in [1.29, 1.82) is 0 Å². The van der Waals surface area contributed by atoms with E-state index in [1.54, 1.807) is 0 Å². The Labute approximate surface area is 99.0 Å². The summed E-state index contributed by atoms with van der Waals surface area (Å²) in [6.07, 6.45) is -0.109. The molecular weight excluding hydrogens is 228 g/mol. The molecule has 0 unspecified atom stereocenters. The Morgan fingerprint density at radius 1 is 1.47 bits per heavy atom. The Morgan fingerprint density at radius 2 is 2.00 bits per heavy atom. The zero-order valence-corrected chi connectivity index (χ0v) is 9.68. The van der Waals surface area contributed by atoms with Gasteiger partial charge in [-0.05, 0) is 12.8 Å². The first-order chi connectivity index (χ1) is 7.73. The molecule has 17 heavy (non-hydrogen) atoms. The van der Waals surface area contributed by atoms with E-state index in [1.807, 2.05) is 0 Å². The molecule has 0 spiro atoms. The highest BCUT2D eigenvalue weighted by Crippen LogP contribution is 2.17. The van der Waals surface area contributed by atoms with Gasteiger partial charge in [0.25, 0.3) is 0 Å². The summed E-state index contributed by atoms with van der Waals surface area (Å²) in [5.41, 5.74) is 9.69. The predicted octanol–water partition coefficient (Wildman–Crippen LogP) is -0.837. The fourth-order valence-corrected chi connectivity index (χ4v) is 1.36. The lowest BCUT2D eigenvalue weighted by Gasteiger charge is -2.25. The average molecular weight is 246 g/mol. The maximum absolute atomic E-state index is 11.0. The quantitative estimate of drug-likeness (QED) is 0.410. The van der Waals surface area contributed by atoms with E-state index in [2.05, 4.69) is 6.58 Å². The monoisotopic (exact) mass is 246 g/mol. The fourth-order valence-electron chi connectivity index (χ4n) is 1.36. The second-order valence-electron chi connectivity index (χ2n) is 3.97. The zero-order valence-electron chi connectivity index (χ0n) is 9.68. The first-order valence-electron chi connectivity index (χ1n) is 4.89. The molecule has 0 aliphatic rings. The van der Waals surface area contributed by atoms with Gasteiger partial charge >= 0.3 is 11.9 Å². The van der Waals surface area contributed by atoms with Gasteiger partial charge in [0.05, 0.1) is 6.61 Å². The molecule has 0 saturated heterocycles. The number of carboxylic acid groups (broad SMARTS) is 2. The molecule has 7 nitrogen and oxygen atoms in total. The van der Waals surface area contributed by atoms with Crippen molar-refractivity contribution >= 4 is 11.9 Å². The molecule has 6 N–H and O–H groups in total. The molecule has 0 saturated carbocycles. The van der Waals surface area contributed by atoms with Crippen LogP contribution in [0.1, 0.15) is 12.8 Å². The lowest BCUT2D eigenvalue weighted by Crippen LogP contribution is -2.52. The molecule has 0 aromatic rings. The molecule has 0 aromatic carbocycles. The van der Waals surface area contributed by atoms with E-state index in [-0.39, 0.29) is 19.4 Å². The Hall–Kier alpha value is -1.44. The van der Waals surface area contributed by atoms with Crippen molar-refractivity contribution in [1.82, 2.24) is 0 Å². The summed E-state index contributed by atoms with van der Waals surface area (Å²) in [7, 11) is 1.33. The molecule has 0 bridgehead atoms. The number of hydrogen-bond acceptors (Lipinski definition) is 5. The van der Waals surface area contributed by atoms with Crippen LogP contribution in [0.2, 0.25) is 0 Å². The summed E-state index contributed by atoms with van der Waals surface area (Å²) in [6, 6.07) is -1.11. The summed E-state index contributed by atoms with van der Waals surface area (Å²) < 4.78 is 4.73. The Kier molecular flexibility index (Phi) is 5.80. The molecule has 0 fully saturated rings. The van der Waals surface area contributed by atoms with Crippen molar-refractivity contribution in [3.63, 3.8) is 0 Å². The van der Waals surface area contributed by atoms with Crippen LogP contribution in [0.3, 0.4) is 0 Å². The number of methoxy groups -OCH3 is 1. The van der Waals surface area contributed by atoms with Gasteiger partial charge in [0.2, 0.25) is 0 Å². The number of rotatable bonds is 8. The molecule has 0 heterocycles. The maximum atomic E-state index is 11.0. The smallest absolute Gasteiger partial charge is 0.326 e. The fraction of sp³-hybridized carbons (Fsp3) is 0.600. The molecule has 2 atom stereocenters. The molecule has 0 amide bonds. The highest BCUT2D eigenvalue weighted by molar-refractivity contribution is 5.79. The van der Waals surface area contributed by atoms with Gasteiger partial charge in [-0.3, -0.25) is 9.59 Å². The van der Waals surface area contributed by atoms with E-state index >= 15 is 0 Å². The van der Waals surface area contributed by atoms with Gasteiger partial charge in [-0.15, -0.1) is 0 Å². The molecule has 7 heteroatoms. The van der Waals surface area contributed by atoms with Crippen LogP contribution >= 0.6 is 0 Å². The summed E-state index contributed by atoms with van der Waals surface area (Å²) >= 11 is 0. The van der Waals surface area contributed by atoms with Gasteiger partial charge in [-0.25, -0.2) is 0 Å². The minimum atomic E-state index is -1.61. The van der Waals surface area contributed by atoms with Crippen molar-refractivity contribution in [2.45, 2.75) is 24.4 Å². The van der Waals surface area contributed by atoms with Crippen molar-refractivity contribution < 1.29 is 24.5 Å². The topological polar surface area (TPSA) is 136 Å². The first kappa shape index (κ1) is 15.6. The normalized spacial score (nSPS) is 15.9. The molecule has 0 radical (unpaired) electrons. The van der Waals surface area contributed by atoms with Crippen LogP contribution in [0.15, 0.2) is 12.2 Å². The lowest BCUT2D eigenvalue weighted by atomic mass is 9.90. The molecule has 0 rings (SSSR count). The third-order valence-corrected chi connectivity index (χ3v) is 2.22. The SMILES string of the molecule is C=C(C[C@@H](N)C(=O)O)C[C@](N)(COC)C(=O)O. The summed E-state index contributed by atoms with van der Waals surface area (Å²) in [6.45, 7) is 3.39. The van der Waals surface area contributed by atoms with E-state index < -0.39 is 23.5 Å². The number of ether oxygens (including phenoxy) is 1. The van der Waals surface area contributed by atoms with E-state index in [4.69, 9.17) is 26.4 Å². The largest absolute Gasteiger partial charge is 0.480 e. The Balaban J connectivity index is 4.52. The zero-order chi connectivity index (χ0) is 13.6. The number of carbonyl (C=O) groups is 2. The van der Waals surface area contributed by atoms with Crippen LogP contribution in [0.25, 0.3) is 0 Å². The standard InChI is InChI=1S/C10H18N2O5/c1-6(3-7(11)8(13)14)4-10(12,5-17-2)9(15)16/h7H,1,3-5,11-12H2,2H3,(H,13,14)(H,15,16)/t7-,10+/m1/s1. The third kappa shape index (κ3) is 4.94. The molecular formula is C10H18N2O5. The van der Waals surface area contributed by atoms with E-state index in [9.17, 15) is 9.59 Å². The third-order valence-electron chi connectivity index (χ3n) is 2.22. The van der Waals surface area contributed by atoms with Crippen molar-refractivity contribution in [2.24, 2.45) is 11.5 Å². The van der Waals surface area contributed by atoms with Crippen molar-refractivity contribution in [3.8, 4) is 0 Å². The van der Waals surface area contributed by atoms with Crippen LogP contribution in [0.5, 0.6) is 0 Å². The summed E-state index contributed by atoms with van der Waals surface area (Å²) in [5, 5.41) is 17.6. The van der Waals surface area contributed by atoms with Crippen molar-refractivity contribution in [2.75, 3.05) is 13.7 Å². The minimum absolute atomic E-state index is 0.0225. The van der Waals surface area contributed by atoms with Crippen LogP contribution < -0.4 is 11.5 Å². The Bertz CT molecular complexity index is 318. The number of hydrogen-bond donors (Lipinski definition) is 4. The molecule has 0 aliphatic heterocycles. The van der Waals surface area contributed by atoms with Gasteiger partial charge in [-0.2, -0.15) is 0 Å². The Morgan fingerprint density at radius 3 is 2.35 bits per heavy atom. The van der Waals surface area contributed by atoms with Gasteiger partial charge in [0.15, 0.2) is 0 Å². The van der Waals surface area contributed by atoms with E-state index in [0.29, 0.717) is 5.57 Å². The second-order valence-corrected chi connectivity index (χ2v) is 3.97. The van der Waals surface area contributed by atoms with Gasteiger partial charge in [-0.1, -0.05) is 12.2 Å². The van der Waals surface area contributed by atoms with Crippen molar-refractivity contribution in [3.05, 3.63) is 12.2 Å². The maximum Gasteiger partial charge on any atom is 0.326 e. The van der Waals surface area contributed by atoms with Crippen LogP contribution in [-0.4, -0.2) is 47.4 Å². The van der Waals surface area contributed by atoms with Crippen LogP contribution in [-0.2, 0) is 14.3 Å². The number of carboxylic acids is 2. The van der Waals surface area contributed by atoms with Gasteiger partial charge in [0.1, 0.15) is 11.6 Å². The van der Waals surface area contributed by atoms with E-state index in [1.165, 1.54) is 7.11 Å². The summed E-state index contributed by atoms with van der Waals surface area (Å²) in [4.78, 5) is 21.5. The molecule has 0 aromatic heterocycles.